The molecular formula is C48H50ClN7O8S. The van der Waals surface area contributed by atoms with Crippen molar-refractivity contribution in [3.63, 3.8) is 0 Å². The molecule has 8 rings (SSSR count). The van der Waals surface area contributed by atoms with Crippen LogP contribution < -0.4 is 34.7 Å². The lowest BCUT2D eigenvalue weighted by Crippen LogP contribution is -2.40. The van der Waals surface area contributed by atoms with Gasteiger partial charge in [0.1, 0.15) is 46.9 Å². The summed E-state index contributed by atoms with van der Waals surface area (Å²) in [5.74, 6) is 1.93. The van der Waals surface area contributed by atoms with E-state index in [4.69, 9.17) is 35.8 Å². The van der Waals surface area contributed by atoms with Crippen LogP contribution in [-0.2, 0) is 21.8 Å². The molecular weight excluding hydrogens is 870 g/mol. The molecule has 0 bridgehead atoms. The number of nitriles is 1. The SMILES string of the molecule is CCS(=O)(=O)Nc1ccc(Oc2cccc(OCCOC3CCN(c4ccc(C(=O)N[C@H]5CC[C@H](Oc6ccc(C#N)c(Cl)c6)CC5)nc4)CC3)c2)c(-c2cn(C)c(=O)c3[nH]ccc23)c1. The van der Waals surface area contributed by atoms with E-state index in [1.54, 1.807) is 87.2 Å². The van der Waals surface area contributed by atoms with Gasteiger partial charge in [0.05, 0.1) is 47.0 Å². The van der Waals surface area contributed by atoms with Gasteiger partial charge in [-0.2, -0.15) is 5.26 Å². The van der Waals surface area contributed by atoms with Crippen molar-refractivity contribution in [2.45, 2.75) is 63.7 Å². The van der Waals surface area contributed by atoms with Gasteiger partial charge in [0.25, 0.3) is 11.5 Å². The van der Waals surface area contributed by atoms with Gasteiger partial charge in [-0.3, -0.25) is 14.3 Å². The van der Waals surface area contributed by atoms with Crippen LogP contribution >= 0.6 is 11.6 Å². The third-order valence-corrected chi connectivity index (χ3v) is 13.3. The predicted octanol–water partition coefficient (Wildman–Crippen LogP) is 8.19. The van der Waals surface area contributed by atoms with Crippen LogP contribution in [0.3, 0.4) is 0 Å². The molecule has 3 N–H and O–H groups in total. The number of aromatic nitrogens is 3. The normalized spacial score (nSPS) is 16.7. The molecule has 17 heteroatoms. The van der Waals surface area contributed by atoms with Crippen LogP contribution in [0.1, 0.15) is 61.5 Å². The van der Waals surface area contributed by atoms with Crippen LogP contribution in [0, 0.1) is 11.3 Å². The molecule has 0 spiro atoms. The number of rotatable bonds is 16. The van der Waals surface area contributed by atoms with Gasteiger partial charge in [-0.15, -0.1) is 0 Å². The second kappa shape index (κ2) is 20.1. The lowest BCUT2D eigenvalue weighted by Gasteiger charge is -2.33. The van der Waals surface area contributed by atoms with E-state index >= 15 is 0 Å². The first-order valence-corrected chi connectivity index (χ1v) is 23.7. The highest BCUT2D eigenvalue weighted by molar-refractivity contribution is 7.92. The van der Waals surface area contributed by atoms with Crippen LogP contribution in [0.15, 0.2) is 102 Å². The van der Waals surface area contributed by atoms with E-state index in [-0.39, 0.29) is 35.5 Å². The average Bonchev–Trinajstić information content (AvgIpc) is 3.81. The quantitative estimate of drug-likeness (QED) is 0.0794. The third kappa shape index (κ3) is 11.1. The zero-order valence-electron chi connectivity index (χ0n) is 36.1. The topological polar surface area (TPSA) is 190 Å². The summed E-state index contributed by atoms with van der Waals surface area (Å²) in [6, 6.07) is 25.0. The van der Waals surface area contributed by atoms with Crippen molar-refractivity contribution < 1.29 is 32.2 Å². The van der Waals surface area contributed by atoms with Crippen LogP contribution in [0.4, 0.5) is 11.4 Å². The number of benzene rings is 3. The third-order valence-electron chi connectivity index (χ3n) is 11.7. The molecule has 0 atom stereocenters. The second-order valence-corrected chi connectivity index (χ2v) is 18.6. The van der Waals surface area contributed by atoms with Crippen molar-refractivity contribution in [1.29, 1.82) is 5.26 Å². The van der Waals surface area contributed by atoms with Crippen LogP contribution in [-0.4, -0.2) is 79.2 Å². The van der Waals surface area contributed by atoms with E-state index in [9.17, 15) is 18.0 Å². The molecule has 2 aliphatic rings. The van der Waals surface area contributed by atoms with E-state index < -0.39 is 10.0 Å². The van der Waals surface area contributed by atoms with Crippen LogP contribution in [0.5, 0.6) is 23.0 Å². The number of halogens is 1. The molecule has 3 aromatic heterocycles. The van der Waals surface area contributed by atoms with Crippen molar-refractivity contribution in [2.24, 2.45) is 7.05 Å². The Hall–Kier alpha value is -6.54. The molecule has 1 saturated carbocycles. The molecule has 2 fully saturated rings. The van der Waals surface area contributed by atoms with Crippen LogP contribution in [0.2, 0.25) is 5.02 Å². The minimum atomic E-state index is -3.55. The van der Waals surface area contributed by atoms with Gasteiger partial charge in [-0.25, -0.2) is 13.4 Å². The Morgan fingerprint density at radius 3 is 2.46 bits per heavy atom. The number of carbonyl (C=O) groups excluding carboxylic acids is 1. The number of carbonyl (C=O) groups is 1. The second-order valence-electron chi connectivity index (χ2n) is 16.1. The number of nitrogens with zero attached hydrogens (tertiary/aromatic N) is 4. The van der Waals surface area contributed by atoms with E-state index in [1.165, 1.54) is 4.57 Å². The largest absolute Gasteiger partial charge is 0.491 e. The van der Waals surface area contributed by atoms with Gasteiger partial charge in [0.15, 0.2) is 0 Å². The summed E-state index contributed by atoms with van der Waals surface area (Å²) in [5.41, 5.74) is 3.65. The smallest absolute Gasteiger partial charge is 0.274 e. The van der Waals surface area contributed by atoms with E-state index in [2.05, 4.69) is 31.0 Å². The zero-order valence-corrected chi connectivity index (χ0v) is 37.7. The molecule has 1 aliphatic carbocycles. The fraction of sp³-hybridized carbons (Fsp3) is 0.333. The maximum atomic E-state index is 13.1. The number of anilines is 2. The standard InChI is InChI=1S/C48H50ClN7O8S/c1-3-65(59,60)54-33-10-16-45(41(25-33)42-30-55(2)48(58)46-40(42)17-20-51-46)64-38-6-4-5-37(26-38)62-24-23-61-35-18-21-56(22-19-35)34-11-15-44(52-29-34)47(57)53-32-8-13-36(14-9-32)63-39-12-7-31(28-50)43(49)27-39/h4-7,10-12,15-17,20,25-27,29-30,32,35-36,51,54H,3,8-9,13-14,18-19,21-24H2,1-2H3,(H,53,57)/t32-,36-. The first kappa shape index (κ1) is 45.0. The van der Waals surface area contributed by atoms with E-state index in [1.807, 2.05) is 24.3 Å². The fourth-order valence-corrected chi connectivity index (χ4v) is 9.02. The summed E-state index contributed by atoms with van der Waals surface area (Å²) in [7, 11) is -1.88. The molecule has 4 heterocycles. The van der Waals surface area contributed by atoms with Crippen molar-refractivity contribution in [1.82, 2.24) is 19.9 Å². The van der Waals surface area contributed by atoms with Crippen molar-refractivity contribution in [3.05, 3.63) is 124 Å². The first-order valence-electron chi connectivity index (χ1n) is 21.7. The lowest BCUT2D eigenvalue weighted by atomic mass is 9.92. The number of hydrogen-bond donors (Lipinski definition) is 3. The number of aryl methyl sites for hydroxylation is 1. The number of pyridine rings is 2. The number of fused-ring (bicyclic) bond motifs is 1. The van der Waals surface area contributed by atoms with Gasteiger partial charge in [-0.1, -0.05) is 17.7 Å². The van der Waals surface area contributed by atoms with Crippen molar-refractivity contribution >= 4 is 49.8 Å². The number of amides is 1. The molecule has 0 unspecified atom stereocenters. The molecule has 0 radical (unpaired) electrons. The van der Waals surface area contributed by atoms with Gasteiger partial charge >= 0.3 is 0 Å². The Morgan fingerprint density at radius 1 is 0.923 bits per heavy atom. The van der Waals surface area contributed by atoms with Crippen molar-refractivity contribution in [2.75, 3.05) is 41.7 Å². The summed E-state index contributed by atoms with van der Waals surface area (Å²) >= 11 is 6.16. The Kier molecular flexibility index (Phi) is 13.9. The number of hydrogen-bond acceptors (Lipinski definition) is 11. The minimum Gasteiger partial charge on any atom is -0.491 e. The number of H-pyrrole nitrogens is 1. The van der Waals surface area contributed by atoms with E-state index in [0.29, 0.717) is 80.2 Å². The highest BCUT2D eigenvalue weighted by Gasteiger charge is 2.26. The van der Waals surface area contributed by atoms with Gasteiger partial charge in [-0.05, 0) is 106 Å². The highest BCUT2D eigenvalue weighted by Crippen LogP contribution is 2.39. The van der Waals surface area contributed by atoms with Crippen molar-refractivity contribution in [3.8, 4) is 40.2 Å². The number of ether oxygens (including phenoxy) is 4. The van der Waals surface area contributed by atoms with E-state index in [0.717, 1.165) is 57.3 Å². The molecule has 6 aromatic rings. The predicted molar refractivity (Wildman–Crippen MR) is 250 cm³/mol. The summed E-state index contributed by atoms with van der Waals surface area (Å²) in [6.45, 7) is 3.89. The number of aromatic amines is 1. The summed E-state index contributed by atoms with van der Waals surface area (Å²) in [4.78, 5) is 35.7. The molecule has 338 valence electrons. The number of nitrogens with one attached hydrogen (secondary N) is 3. The molecule has 1 amide bonds. The number of sulfonamides is 1. The molecule has 1 aliphatic heterocycles. The lowest BCUT2D eigenvalue weighted by molar-refractivity contribution is 0.0202. The fourth-order valence-electron chi connectivity index (χ4n) is 8.18. The monoisotopic (exact) mass is 919 g/mol. The first-order chi connectivity index (χ1) is 31.4. The summed E-state index contributed by atoms with van der Waals surface area (Å²) < 4.78 is 53.7. The Morgan fingerprint density at radius 2 is 1.72 bits per heavy atom. The number of piperidine rings is 1. The maximum absolute atomic E-state index is 13.1. The molecule has 1 saturated heterocycles. The Bertz CT molecular complexity index is 2860. The van der Waals surface area contributed by atoms with Gasteiger partial charge < -0.3 is 38.7 Å². The highest BCUT2D eigenvalue weighted by atomic mass is 35.5. The summed E-state index contributed by atoms with van der Waals surface area (Å²) in [6.07, 6.45) is 10.1. The molecule has 65 heavy (non-hydrogen) atoms. The van der Waals surface area contributed by atoms with Gasteiger partial charge in [0, 0.05) is 72.9 Å². The Balaban J connectivity index is 0.787. The van der Waals surface area contributed by atoms with Gasteiger partial charge in [0.2, 0.25) is 10.0 Å². The zero-order chi connectivity index (χ0) is 45.5. The molecule has 3 aromatic carbocycles. The average molecular weight is 920 g/mol. The molecule has 15 nitrogen and oxygen atoms in total. The summed E-state index contributed by atoms with van der Waals surface area (Å²) in [5, 5.41) is 13.3. The minimum absolute atomic E-state index is 0.0183. The maximum Gasteiger partial charge on any atom is 0.274 e. The van der Waals surface area contributed by atoms with Crippen LogP contribution in [0.25, 0.3) is 22.0 Å². The Labute approximate surface area is 382 Å².